The predicted molar refractivity (Wildman–Crippen MR) is 39.0 cm³/mol. The summed E-state index contributed by atoms with van der Waals surface area (Å²) in [5.74, 6) is 0. The van der Waals surface area contributed by atoms with Crippen LogP contribution in [0.4, 0.5) is 8.78 Å². The molecule has 1 heterocycles. The van der Waals surface area contributed by atoms with Crippen molar-refractivity contribution >= 4 is 10.1 Å². The van der Waals surface area contributed by atoms with Gasteiger partial charge in [0.1, 0.15) is 5.69 Å². The molecule has 0 aliphatic heterocycles. The highest BCUT2D eigenvalue weighted by molar-refractivity contribution is 7.85. The number of rotatable bonds is 2. The zero-order chi connectivity index (χ0) is 10.1. The maximum Gasteiger partial charge on any atom is 0.312 e. The molecule has 1 N–H and O–H groups in total. The second kappa shape index (κ2) is 3.35. The summed E-state index contributed by atoms with van der Waals surface area (Å²) in [6, 6.07) is 2.98. The minimum atomic E-state index is -4.50. The van der Waals surface area contributed by atoms with E-state index in [0.717, 1.165) is 18.2 Å². The number of alkyl halides is 2. The first kappa shape index (κ1) is 10.0. The van der Waals surface area contributed by atoms with Crippen molar-refractivity contribution < 1.29 is 21.8 Å². The molecule has 1 aromatic heterocycles. The van der Waals surface area contributed by atoms with Crippen LogP contribution in [0.5, 0.6) is 0 Å². The topological polar surface area (TPSA) is 67.3 Å². The third kappa shape index (κ3) is 2.43. The first-order chi connectivity index (χ1) is 5.91. The zero-order valence-corrected chi connectivity index (χ0v) is 7.00. The van der Waals surface area contributed by atoms with E-state index in [-0.39, 0.29) is 0 Å². The first-order valence-electron chi connectivity index (χ1n) is 3.14. The summed E-state index contributed by atoms with van der Waals surface area (Å²) in [7, 11) is -4.50. The average molecular weight is 209 g/mol. The Labute approximate surface area is 73.0 Å². The molecule has 0 aromatic carbocycles. The maximum absolute atomic E-state index is 12.0. The summed E-state index contributed by atoms with van der Waals surface area (Å²) < 4.78 is 53.4. The highest BCUT2D eigenvalue weighted by atomic mass is 32.2. The zero-order valence-electron chi connectivity index (χ0n) is 6.18. The van der Waals surface area contributed by atoms with Gasteiger partial charge in [-0.25, -0.2) is 13.8 Å². The van der Waals surface area contributed by atoms with Gasteiger partial charge in [-0.15, -0.1) is 0 Å². The molecular weight excluding hydrogens is 204 g/mol. The van der Waals surface area contributed by atoms with Gasteiger partial charge >= 0.3 is 10.1 Å². The van der Waals surface area contributed by atoms with Gasteiger partial charge < -0.3 is 0 Å². The van der Waals surface area contributed by atoms with E-state index >= 15 is 0 Å². The molecule has 0 amide bonds. The molecule has 0 spiro atoms. The fraction of sp³-hybridized carbons (Fsp3) is 0.167. The molecule has 7 heteroatoms. The van der Waals surface area contributed by atoms with E-state index in [9.17, 15) is 17.2 Å². The van der Waals surface area contributed by atoms with Crippen molar-refractivity contribution in [2.75, 3.05) is 0 Å². The van der Waals surface area contributed by atoms with Crippen LogP contribution in [-0.4, -0.2) is 18.0 Å². The fourth-order valence-corrected chi connectivity index (χ4v) is 1.17. The van der Waals surface area contributed by atoms with Gasteiger partial charge in [0.25, 0.3) is 6.43 Å². The monoisotopic (exact) mass is 209 g/mol. The molecule has 0 fully saturated rings. The summed E-state index contributed by atoms with van der Waals surface area (Å²) in [5.41, 5.74) is -0.685. The van der Waals surface area contributed by atoms with Gasteiger partial charge in [0.05, 0.1) is 0 Å². The van der Waals surface area contributed by atoms with Crippen molar-refractivity contribution in [1.82, 2.24) is 4.98 Å². The Kier molecular flexibility index (Phi) is 2.58. The number of hydrogen-bond acceptors (Lipinski definition) is 3. The van der Waals surface area contributed by atoms with Crippen molar-refractivity contribution in [1.29, 1.82) is 0 Å². The molecule has 1 aromatic rings. The van der Waals surface area contributed by atoms with Crippen LogP contribution in [0.3, 0.4) is 0 Å². The molecule has 0 atom stereocenters. The second-order valence-corrected chi connectivity index (χ2v) is 3.54. The van der Waals surface area contributed by atoms with Gasteiger partial charge in [0, 0.05) is 0 Å². The standard InChI is InChI=1S/C6H5F2NO3S/c7-6(8)4-2-1-3-5(9-4)13(10,11)12/h1-3,6H,(H,10,11,12). The van der Waals surface area contributed by atoms with Crippen molar-refractivity contribution in [3.05, 3.63) is 23.9 Å². The van der Waals surface area contributed by atoms with Crippen LogP contribution in [0.25, 0.3) is 0 Å². The number of nitrogens with zero attached hydrogens (tertiary/aromatic N) is 1. The number of halogens is 2. The highest BCUT2D eigenvalue weighted by Crippen LogP contribution is 2.17. The van der Waals surface area contributed by atoms with Crippen LogP contribution >= 0.6 is 0 Å². The SMILES string of the molecule is O=S(=O)(O)c1cccc(C(F)F)n1. The van der Waals surface area contributed by atoms with Crippen molar-refractivity contribution in [2.45, 2.75) is 11.5 Å². The number of aromatic nitrogens is 1. The van der Waals surface area contributed by atoms with Crippen LogP contribution < -0.4 is 0 Å². The lowest BCUT2D eigenvalue weighted by Crippen LogP contribution is -2.03. The summed E-state index contributed by atoms with van der Waals surface area (Å²) >= 11 is 0. The Morgan fingerprint density at radius 2 is 2.00 bits per heavy atom. The highest BCUT2D eigenvalue weighted by Gasteiger charge is 2.15. The Morgan fingerprint density at radius 1 is 1.38 bits per heavy atom. The second-order valence-electron chi connectivity index (χ2n) is 2.18. The van der Waals surface area contributed by atoms with Crippen LogP contribution in [-0.2, 0) is 10.1 Å². The molecule has 72 valence electrons. The van der Waals surface area contributed by atoms with E-state index in [2.05, 4.69) is 4.98 Å². The summed E-state index contributed by atoms with van der Waals surface area (Å²) in [6.45, 7) is 0. The molecule has 0 saturated carbocycles. The maximum atomic E-state index is 12.0. The Bertz CT molecular complexity index is 404. The molecule has 0 radical (unpaired) electrons. The Morgan fingerprint density at radius 3 is 2.46 bits per heavy atom. The molecule has 13 heavy (non-hydrogen) atoms. The quantitative estimate of drug-likeness (QED) is 0.744. The minimum Gasteiger partial charge on any atom is -0.281 e. The lowest BCUT2D eigenvalue weighted by molar-refractivity contribution is 0.145. The molecule has 0 aliphatic carbocycles. The Hall–Kier alpha value is -1.08. The molecule has 0 bridgehead atoms. The van der Waals surface area contributed by atoms with E-state index in [1.165, 1.54) is 0 Å². The third-order valence-corrected chi connectivity index (χ3v) is 1.99. The first-order valence-corrected chi connectivity index (χ1v) is 4.58. The fourth-order valence-electron chi connectivity index (χ4n) is 0.696. The Balaban J connectivity index is 3.21. The lowest BCUT2D eigenvalue weighted by Gasteiger charge is -1.99. The molecule has 0 unspecified atom stereocenters. The molecular formula is C6H5F2NO3S. The summed E-state index contributed by atoms with van der Waals surface area (Å²) in [4.78, 5) is 3.06. The average Bonchev–Trinajstić information content (AvgIpc) is 2.03. The number of pyridine rings is 1. The van der Waals surface area contributed by atoms with Gasteiger partial charge in [-0.1, -0.05) is 6.07 Å². The van der Waals surface area contributed by atoms with Gasteiger partial charge in [-0.2, -0.15) is 8.42 Å². The summed E-state index contributed by atoms with van der Waals surface area (Å²) in [5, 5.41) is -0.773. The van der Waals surface area contributed by atoms with Crippen LogP contribution in [0.15, 0.2) is 23.2 Å². The van der Waals surface area contributed by atoms with Crippen molar-refractivity contribution in [3.63, 3.8) is 0 Å². The lowest BCUT2D eigenvalue weighted by atomic mass is 10.4. The molecule has 0 saturated heterocycles. The van der Waals surface area contributed by atoms with E-state index in [0.29, 0.717) is 0 Å². The minimum absolute atomic E-state index is 0.685. The van der Waals surface area contributed by atoms with Gasteiger partial charge in [-0.05, 0) is 12.1 Å². The van der Waals surface area contributed by atoms with Crippen LogP contribution in [0, 0.1) is 0 Å². The molecule has 4 nitrogen and oxygen atoms in total. The van der Waals surface area contributed by atoms with E-state index in [1.54, 1.807) is 0 Å². The van der Waals surface area contributed by atoms with E-state index < -0.39 is 27.3 Å². The van der Waals surface area contributed by atoms with E-state index in [4.69, 9.17) is 4.55 Å². The normalized spacial score (nSPS) is 12.0. The van der Waals surface area contributed by atoms with Gasteiger partial charge in [0.15, 0.2) is 5.03 Å². The number of hydrogen-bond donors (Lipinski definition) is 1. The summed E-state index contributed by atoms with van der Waals surface area (Å²) in [6.07, 6.45) is -2.86. The van der Waals surface area contributed by atoms with Crippen molar-refractivity contribution in [3.8, 4) is 0 Å². The van der Waals surface area contributed by atoms with Gasteiger partial charge in [0.2, 0.25) is 0 Å². The smallest absolute Gasteiger partial charge is 0.281 e. The van der Waals surface area contributed by atoms with Crippen molar-refractivity contribution in [2.24, 2.45) is 0 Å². The van der Waals surface area contributed by atoms with Gasteiger partial charge in [-0.3, -0.25) is 4.55 Å². The largest absolute Gasteiger partial charge is 0.312 e. The third-order valence-electron chi connectivity index (χ3n) is 1.23. The molecule has 1 rings (SSSR count). The molecule has 0 aliphatic rings. The van der Waals surface area contributed by atoms with Crippen LogP contribution in [0.1, 0.15) is 12.1 Å². The predicted octanol–water partition coefficient (Wildman–Crippen LogP) is 1.27. The van der Waals surface area contributed by atoms with E-state index in [1.807, 2.05) is 0 Å². The van der Waals surface area contributed by atoms with Crippen LogP contribution in [0.2, 0.25) is 0 Å².